The average Bonchev–Trinajstić information content (AvgIpc) is 3.81. The Morgan fingerprint density at radius 3 is 0.770 bits per heavy atom. The lowest BCUT2D eigenvalue weighted by Crippen LogP contribution is -3.05. The van der Waals surface area contributed by atoms with E-state index < -0.39 is 0 Å². The van der Waals surface area contributed by atoms with E-state index in [1.807, 2.05) is 21.1 Å². The molecule has 1 unspecified atom stereocenters. The number of nitrogens with two attached hydrogens (primary N) is 4. The number of nitrogens with zero attached hydrogens (tertiary/aromatic N) is 2. The van der Waals surface area contributed by atoms with Crippen LogP contribution in [0.3, 0.4) is 0 Å². The fraction of sp³-hybridized carbons (Fsp3) is 1.00. The summed E-state index contributed by atoms with van der Waals surface area (Å²) in [6.07, 6.45) is 68.8. The second kappa shape index (κ2) is 103. The largest absolute Gasteiger partial charge is 0.358 e. The van der Waals surface area contributed by atoms with Gasteiger partial charge in [-0.1, -0.05) is 220 Å². The van der Waals surface area contributed by atoms with E-state index in [0.29, 0.717) is 0 Å². The van der Waals surface area contributed by atoms with E-state index in [-0.39, 0.29) is 0 Å². The quantitative estimate of drug-likeness (QED) is 0.0260. The highest BCUT2D eigenvalue weighted by atomic mass is 15.1. The molecule has 0 spiro atoms. The number of hydrogen-bond acceptors (Lipinski definition) is 10. The van der Waals surface area contributed by atoms with E-state index in [1.165, 1.54) is 374 Å². The van der Waals surface area contributed by atoms with Crippen molar-refractivity contribution in [2.75, 3.05) is 189 Å². The third kappa shape index (κ3) is 124. The molecule has 0 rings (SSSR count). The zero-order chi connectivity index (χ0) is 75.5. The molecule has 0 heterocycles. The molecule has 0 aliphatic rings. The maximum absolute atomic E-state index is 5.43. The molecule has 100 heavy (non-hydrogen) atoms. The first kappa shape index (κ1) is 110. The first-order valence-electron chi connectivity index (χ1n) is 44.4. The number of nitrogens with one attached hydrogen (secondary N) is 7. The first-order chi connectivity index (χ1) is 48.5. The monoisotopic (exact) mass is 1430 g/mol. The van der Waals surface area contributed by atoms with E-state index >= 15 is 0 Å². The van der Waals surface area contributed by atoms with Crippen LogP contribution < -0.4 is 64.6 Å². The summed E-state index contributed by atoms with van der Waals surface area (Å²) in [5, 5.41) is 18.8. The van der Waals surface area contributed by atoms with Crippen molar-refractivity contribution in [2.24, 2.45) is 40.9 Å². The summed E-state index contributed by atoms with van der Waals surface area (Å²) in [7, 11) is 25.9. The Bertz CT molecular complexity index is 1220. The van der Waals surface area contributed by atoms with Crippen LogP contribution in [-0.4, -0.2) is 199 Å². The summed E-state index contributed by atoms with van der Waals surface area (Å²) in [5.41, 5.74) is 20.1. The van der Waals surface area contributed by atoms with Crippen LogP contribution >= 0.6 is 0 Å². The molecular weight excluding hydrogens is 1230 g/mol. The number of hydrogen-bond donors (Lipinski definition) is 12. The average molecular weight is 1430 g/mol. The SMILES string of the molecule is CC(CCCCCC[NH+](C)C)CCCCCC[NH+](C)C.CC(CCCCCN(C)C)CCCCCN(C)C.CNCCCCCC(C)CCCCCNC.CNCCCCCCC(C)CCCCCC[NH2+]C.NCCCCCCNCCCCCC[NH3+].NCCCCCNCCCCCN. The van der Waals surface area contributed by atoms with Gasteiger partial charge in [0.25, 0.3) is 0 Å². The fourth-order valence-corrected chi connectivity index (χ4v) is 12.6. The molecule has 0 amide bonds. The van der Waals surface area contributed by atoms with Gasteiger partial charge in [0.15, 0.2) is 0 Å². The molecule has 14 heteroatoms. The van der Waals surface area contributed by atoms with Gasteiger partial charge in [-0.15, -0.1) is 0 Å². The number of rotatable bonds is 74. The van der Waals surface area contributed by atoms with Crippen molar-refractivity contribution in [1.82, 2.24) is 36.4 Å². The Hall–Kier alpha value is -0.560. The van der Waals surface area contributed by atoms with E-state index in [1.54, 1.807) is 9.80 Å². The zero-order valence-electron chi connectivity index (χ0n) is 72.4. The maximum Gasteiger partial charge on any atom is 0.0766 e. The van der Waals surface area contributed by atoms with Gasteiger partial charge >= 0.3 is 0 Å². The molecule has 0 aliphatic heterocycles. The molecule has 1 atom stereocenters. The third-order valence-electron chi connectivity index (χ3n) is 19.7. The van der Waals surface area contributed by atoms with Crippen molar-refractivity contribution in [1.29, 1.82) is 0 Å². The Kier molecular flexibility index (Phi) is 113. The van der Waals surface area contributed by atoms with Gasteiger partial charge in [-0.2, -0.15) is 0 Å². The van der Waals surface area contributed by atoms with Crippen molar-refractivity contribution >= 4 is 0 Å². The lowest BCUT2D eigenvalue weighted by Gasteiger charge is -2.13. The van der Waals surface area contributed by atoms with E-state index in [2.05, 4.69) is 139 Å². The van der Waals surface area contributed by atoms with Crippen LogP contribution in [0.4, 0.5) is 0 Å². The highest BCUT2D eigenvalue weighted by molar-refractivity contribution is 4.61. The van der Waals surface area contributed by atoms with Crippen LogP contribution in [0.15, 0.2) is 0 Å². The number of unbranched alkanes of at least 4 members (excludes halogenated alkanes) is 30. The van der Waals surface area contributed by atoms with Gasteiger partial charge in [-0.05, 0) is 280 Å². The summed E-state index contributed by atoms with van der Waals surface area (Å²) >= 11 is 0. The van der Waals surface area contributed by atoms with Crippen molar-refractivity contribution in [3.8, 4) is 0 Å². The number of quaternary nitrogens is 4. The minimum atomic E-state index is 0.830. The van der Waals surface area contributed by atoms with Gasteiger partial charge < -0.3 is 74.4 Å². The lowest BCUT2D eigenvalue weighted by atomic mass is 9.96. The molecule has 612 valence electrons. The lowest BCUT2D eigenvalue weighted by molar-refractivity contribution is -0.858. The van der Waals surface area contributed by atoms with Crippen LogP contribution in [0.25, 0.3) is 0 Å². The molecule has 0 aromatic heterocycles. The predicted molar refractivity (Wildman–Crippen MR) is 455 cm³/mol. The van der Waals surface area contributed by atoms with E-state index in [0.717, 1.165) is 75.8 Å². The van der Waals surface area contributed by atoms with Crippen molar-refractivity contribution in [3.63, 3.8) is 0 Å². The van der Waals surface area contributed by atoms with Crippen LogP contribution in [0.5, 0.6) is 0 Å². The molecule has 0 radical (unpaired) electrons. The summed E-state index contributed by atoms with van der Waals surface area (Å²) in [6.45, 7) is 28.0. The van der Waals surface area contributed by atoms with Crippen molar-refractivity contribution in [2.45, 2.75) is 349 Å². The maximum atomic E-state index is 5.43. The standard InChI is InChI=1S/C18H40N2.2C16H36N2.C14H32N2.C12H29N3.C10H25N3/c1-18(14-10-6-8-12-16-19(2)3)15-11-7-9-13-17-20(4)5;1-16(12-8-6-10-14-17(2)3)13-9-7-11-15-18(4)5;1-16(12-8-4-6-10-14-17-2)13-9-5-7-11-15-18-3;1-14(10-6-4-8-12-15-2)11-7-5-9-13-16-3;13-9-5-1-3-7-11-15-12-8-4-2-6-10-14;11-7-3-1-5-9-13-10-6-2-4-8-12/h18H,6-17H2,1-5H3;16H,6-15H2,1-5H3;16-18H,4-15H2,1-3H3;14-16H,4-13H2,1-3H3;15H,1-14H2;13H,1-12H2/p+4. The molecule has 14 nitrogen and oxygen atoms in total. The van der Waals surface area contributed by atoms with Crippen LogP contribution in [-0.2, 0) is 0 Å². The minimum Gasteiger partial charge on any atom is -0.358 e. The van der Waals surface area contributed by atoms with E-state index in [4.69, 9.17) is 17.2 Å². The van der Waals surface area contributed by atoms with Gasteiger partial charge in [-0.25, -0.2) is 0 Å². The van der Waals surface area contributed by atoms with Gasteiger partial charge in [0.2, 0.25) is 0 Å². The summed E-state index contributed by atoms with van der Waals surface area (Å²) < 4.78 is 0. The fourth-order valence-electron chi connectivity index (χ4n) is 12.6. The second-order valence-electron chi connectivity index (χ2n) is 32.3. The van der Waals surface area contributed by atoms with Crippen LogP contribution in [0, 0.1) is 23.7 Å². The Morgan fingerprint density at radius 1 is 0.300 bits per heavy atom. The Balaban J connectivity index is -0.000000266. The van der Waals surface area contributed by atoms with Crippen LogP contribution in [0.1, 0.15) is 349 Å². The molecule has 0 aromatic rings. The van der Waals surface area contributed by atoms with Gasteiger partial charge in [0.1, 0.15) is 0 Å². The molecule has 0 saturated heterocycles. The predicted octanol–water partition coefficient (Wildman–Crippen LogP) is 13.5. The summed E-state index contributed by atoms with van der Waals surface area (Å²) in [4.78, 5) is 7.76. The molecule has 18 N–H and O–H groups in total. The van der Waals surface area contributed by atoms with Gasteiger partial charge in [0.05, 0.1) is 61.4 Å². The second-order valence-corrected chi connectivity index (χ2v) is 32.3. The topological polar surface area (TPSA) is 198 Å². The Morgan fingerprint density at radius 2 is 0.520 bits per heavy atom. The van der Waals surface area contributed by atoms with Gasteiger partial charge in [-0.3, -0.25) is 0 Å². The smallest absolute Gasteiger partial charge is 0.0766 e. The minimum absolute atomic E-state index is 0.830. The molecule has 0 bridgehead atoms. The first-order valence-corrected chi connectivity index (χ1v) is 44.4. The van der Waals surface area contributed by atoms with Crippen molar-refractivity contribution < 1.29 is 20.9 Å². The highest BCUT2D eigenvalue weighted by Gasteiger charge is 2.07. The molecule has 0 aliphatic carbocycles. The summed E-state index contributed by atoms with van der Waals surface area (Å²) in [5.74, 6) is 3.77. The van der Waals surface area contributed by atoms with Crippen molar-refractivity contribution in [3.05, 3.63) is 0 Å². The zero-order valence-corrected chi connectivity index (χ0v) is 72.4. The summed E-state index contributed by atoms with van der Waals surface area (Å²) in [6, 6.07) is 0. The highest BCUT2D eigenvalue weighted by Crippen LogP contribution is 2.20. The van der Waals surface area contributed by atoms with E-state index in [9.17, 15) is 0 Å². The normalized spacial score (nSPS) is 11.7. The third-order valence-corrected chi connectivity index (χ3v) is 19.7. The van der Waals surface area contributed by atoms with Gasteiger partial charge in [0, 0.05) is 0 Å². The molecule has 0 saturated carbocycles. The molecule has 0 fully saturated rings. The Labute approximate surface area is 632 Å². The molecule has 0 aromatic carbocycles. The molecular formula is C86H202N14+4. The van der Waals surface area contributed by atoms with Crippen LogP contribution in [0.2, 0.25) is 0 Å².